The molecule has 33 heavy (non-hydrogen) atoms. The van der Waals surface area contributed by atoms with Gasteiger partial charge in [0.2, 0.25) is 5.91 Å². The van der Waals surface area contributed by atoms with Gasteiger partial charge in [0.25, 0.3) is 0 Å². The molecule has 1 aliphatic carbocycles. The minimum atomic E-state index is -0.127. The van der Waals surface area contributed by atoms with Gasteiger partial charge in [0.15, 0.2) is 0 Å². The number of piperidine rings is 1. The second kappa shape index (κ2) is 10.7. The van der Waals surface area contributed by atoms with E-state index in [0.717, 1.165) is 57.6 Å². The number of benzene rings is 1. The van der Waals surface area contributed by atoms with Gasteiger partial charge in [-0.2, -0.15) is 0 Å². The number of amides is 1. The Morgan fingerprint density at radius 2 is 1.97 bits per heavy atom. The normalized spacial score (nSPS) is 25.2. The monoisotopic (exact) mass is 448 g/mol. The number of fused-ring (bicyclic) bond motifs is 4. The van der Waals surface area contributed by atoms with Gasteiger partial charge >= 0.3 is 0 Å². The maximum atomic E-state index is 12.9. The molecule has 2 atom stereocenters. The fourth-order valence-corrected chi connectivity index (χ4v) is 5.22. The summed E-state index contributed by atoms with van der Waals surface area (Å²) >= 11 is 0. The third kappa shape index (κ3) is 5.92. The van der Waals surface area contributed by atoms with Crippen LogP contribution < -0.4 is 15.4 Å². The smallest absolute Gasteiger partial charge is 0.237 e. The van der Waals surface area contributed by atoms with E-state index >= 15 is 0 Å². The molecule has 0 radical (unpaired) electrons. The summed E-state index contributed by atoms with van der Waals surface area (Å²) in [4.78, 5) is 19.6. The minimum absolute atomic E-state index is 0.127. The highest BCUT2D eigenvalue weighted by molar-refractivity contribution is 5.82. The quantitative estimate of drug-likeness (QED) is 0.751. The second-order valence-electron chi connectivity index (χ2n) is 9.78. The molecule has 3 heterocycles. The molecular weight excluding hydrogens is 412 g/mol. The van der Waals surface area contributed by atoms with Crippen LogP contribution in [-0.4, -0.2) is 54.6 Å². The molecule has 176 valence electrons. The van der Waals surface area contributed by atoms with Crippen LogP contribution >= 0.6 is 0 Å². The van der Waals surface area contributed by atoms with Gasteiger partial charge in [0.05, 0.1) is 12.6 Å². The van der Waals surface area contributed by atoms with Gasteiger partial charge < -0.3 is 15.4 Å². The number of aromatic nitrogens is 1. The predicted molar refractivity (Wildman–Crippen MR) is 129 cm³/mol. The molecule has 0 spiro atoms. The lowest BCUT2D eigenvalue weighted by Crippen LogP contribution is -2.48. The first kappa shape index (κ1) is 22.4. The first-order valence-electron chi connectivity index (χ1n) is 12.7. The summed E-state index contributed by atoms with van der Waals surface area (Å²) in [6.45, 7) is 5.07. The van der Waals surface area contributed by atoms with E-state index < -0.39 is 0 Å². The highest BCUT2D eigenvalue weighted by atomic mass is 16.5. The number of nitrogens with zero attached hydrogens (tertiary/aromatic N) is 2. The van der Waals surface area contributed by atoms with Crippen molar-refractivity contribution in [2.24, 2.45) is 0 Å². The molecule has 2 fully saturated rings. The zero-order valence-corrected chi connectivity index (χ0v) is 19.5. The van der Waals surface area contributed by atoms with Gasteiger partial charge in [-0.25, -0.2) is 0 Å². The maximum absolute atomic E-state index is 12.9. The van der Waals surface area contributed by atoms with Crippen molar-refractivity contribution >= 4 is 5.91 Å². The molecule has 6 nitrogen and oxygen atoms in total. The number of pyridine rings is 1. The first-order valence-corrected chi connectivity index (χ1v) is 12.7. The molecule has 6 heteroatoms. The lowest BCUT2D eigenvalue weighted by Gasteiger charge is -2.31. The van der Waals surface area contributed by atoms with Crippen LogP contribution in [0.15, 0.2) is 42.7 Å². The van der Waals surface area contributed by atoms with Crippen molar-refractivity contribution in [3.63, 3.8) is 0 Å². The minimum Gasteiger partial charge on any atom is -0.493 e. The molecule has 1 amide bonds. The largest absolute Gasteiger partial charge is 0.493 e. The van der Waals surface area contributed by atoms with E-state index in [1.807, 2.05) is 18.5 Å². The van der Waals surface area contributed by atoms with E-state index in [2.05, 4.69) is 44.8 Å². The Balaban J connectivity index is 1.33. The lowest BCUT2D eigenvalue weighted by molar-refractivity contribution is -0.123. The molecule has 1 saturated carbocycles. The van der Waals surface area contributed by atoms with Crippen LogP contribution in [0.2, 0.25) is 0 Å². The molecule has 2 N–H and O–H groups in total. The van der Waals surface area contributed by atoms with Crippen molar-refractivity contribution in [2.75, 3.05) is 32.8 Å². The third-order valence-electron chi connectivity index (χ3n) is 7.20. The number of nitrogens with one attached hydrogen (secondary N) is 2. The summed E-state index contributed by atoms with van der Waals surface area (Å²) in [7, 11) is 0. The van der Waals surface area contributed by atoms with E-state index in [4.69, 9.17) is 4.74 Å². The summed E-state index contributed by atoms with van der Waals surface area (Å²) in [5.41, 5.74) is 3.97. The summed E-state index contributed by atoms with van der Waals surface area (Å²) in [6, 6.07) is 10.8. The average Bonchev–Trinajstić information content (AvgIpc) is 3.70. The molecule has 2 aromatic rings. The van der Waals surface area contributed by atoms with Crippen molar-refractivity contribution in [3.8, 4) is 5.75 Å². The molecule has 5 rings (SSSR count). The van der Waals surface area contributed by atoms with Gasteiger partial charge in [0.1, 0.15) is 5.75 Å². The Kier molecular flexibility index (Phi) is 7.22. The van der Waals surface area contributed by atoms with Crippen molar-refractivity contribution in [1.29, 1.82) is 0 Å². The zero-order valence-electron chi connectivity index (χ0n) is 19.5. The topological polar surface area (TPSA) is 66.5 Å². The van der Waals surface area contributed by atoms with Gasteiger partial charge in [-0.15, -0.1) is 0 Å². The van der Waals surface area contributed by atoms with Crippen LogP contribution in [0, 0.1) is 0 Å². The fraction of sp³-hybridized carbons (Fsp3) is 0.556. The summed E-state index contributed by atoms with van der Waals surface area (Å²) in [6.07, 6.45) is 10.1. The van der Waals surface area contributed by atoms with E-state index in [9.17, 15) is 4.79 Å². The Morgan fingerprint density at radius 3 is 2.82 bits per heavy atom. The molecular formula is C27H36N4O2. The standard InChI is InChI=1S/C27H36N4O2/c32-27-25-17-23(9-12-29-25)24-16-22(21-5-6-21)7-8-26(24)33-15-3-14-31(13-2-11-30-27)19-20-4-1-10-28-18-20/h1,4,7-8,10,16,18,21,23,25,29H,2-3,5-6,9,11-15,17,19H2,(H,30,32)/t23-,25+/m1/s1. The Labute approximate surface area is 197 Å². The molecule has 1 aromatic carbocycles. The predicted octanol–water partition coefficient (Wildman–Crippen LogP) is 3.59. The summed E-state index contributed by atoms with van der Waals surface area (Å²) in [5.74, 6) is 2.23. The van der Waals surface area contributed by atoms with Crippen LogP contribution in [0.5, 0.6) is 5.75 Å². The van der Waals surface area contributed by atoms with Crippen molar-refractivity contribution in [1.82, 2.24) is 20.5 Å². The van der Waals surface area contributed by atoms with Crippen LogP contribution in [0.4, 0.5) is 0 Å². The van der Waals surface area contributed by atoms with Gasteiger partial charge in [-0.05, 0) is 85.7 Å². The second-order valence-corrected chi connectivity index (χ2v) is 9.78. The van der Waals surface area contributed by atoms with Crippen LogP contribution in [0.25, 0.3) is 0 Å². The number of carbonyl (C=O) groups excluding carboxylic acids is 1. The van der Waals surface area contributed by atoms with Gasteiger partial charge in [-0.1, -0.05) is 18.2 Å². The SMILES string of the molecule is O=C1NCCCN(Cc2cccnc2)CCCOc2ccc(C3CC3)cc2[C@@H]2CCN[C@H]1C2. The van der Waals surface area contributed by atoms with Crippen LogP contribution in [-0.2, 0) is 11.3 Å². The van der Waals surface area contributed by atoms with Gasteiger partial charge in [0, 0.05) is 38.6 Å². The first-order chi connectivity index (χ1) is 16.3. The zero-order chi connectivity index (χ0) is 22.5. The fourth-order valence-electron chi connectivity index (χ4n) is 5.22. The van der Waals surface area contributed by atoms with E-state index in [1.54, 1.807) is 0 Å². The van der Waals surface area contributed by atoms with Gasteiger partial charge in [-0.3, -0.25) is 14.7 Å². The number of hydrogen-bond acceptors (Lipinski definition) is 5. The van der Waals surface area contributed by atoms with E-state index in [-0.39, 0.29) is 11.9 Å². The van der Waals surface area contributed by atoms with Crippen LogP contribution in [0.1, 0.15) is 67.1 Å². The van der Waals surface area contributed by atoms with Crippen molar-refractivity contribution in [3.05, 3.63) is 59.4 Å². The van der Waals surface area contributed by atoms with Crippen molar-refractivity contribution < 1.29 is 9.53 Å². The summed E-state index contributed by atoms with van der Waals surface area (Å²) < 4.78 is 6.38. The Morgan fingerprint density at radius 1 is 1.06 bits per heavy atom. The molecule has 1 saturated heterocycles. The summed E-state index contributed by atoms with van der Waals surface area (Å²) in [5, 5.41) is 6.63. The number of hydrogen-bond donors (Lipinski definition) is 2. The lowest BCUT2D eigenvalue weighted by atomic mass is 9.84. The van der Waals surface area contributed by atoms with E-state index in [1.165, 1.54) is 29.5 Å². The number of carbonyl (C=O) groups is 1. The number of ether oxygens (including phenoxy) is 1. The van der Waals surface area contributed by atoms with Crippen LogP contribution in [0.3, 0.4) is 0 Å². The maximum Gasteiger partial charge on any atom is 0.237 e. The molecule has 3 aliphatic rings. The molecule has 1 aromatic heterocycles. The van der Waals surface area contributed by atoms with E-state index in [0.29, 0.717) is 25.0 Å². The third-order valence-corrected chi connectivity index (χ3v) is 7.20. The highest BCUT2D eigenvalue weighted by Gasteiger charge is 2.31. The highest BCUT2D eigenvalue weighted by Crippen LogP contribution is 2.43. The van der Waals surface area contributed by atoms with Crippen molar-refractivity contribution in [2.45, 2.75) is 62.9 Å². The Bertz CT molecular complexity index is 931. The number of rotatable bonds is 3. The molecule has 2 aliphatic heterocycles. The Hall–Kier alpha value is -2.44. The molecule has 2 bridgehead atoms. The average molecular weight is 449 g/mol. The molecule has 0 unspecified atom stereocenters.